The molecule has 0 radical (unpaired) electrons. The first-order chi connectivity index (χ1) is 8.21. The molecule has 0 aromatic carbocycles. The molecule has 1 aliphatic heterocycles. The first kappa shape index (κ1) is 13.9. The summed E-state index contributed by atoms with van der Waals surface area (Å²) in [5.41, 5.74) is -0.852. The lowest BCUT2D eigenvalue weighted by Crippen LogP contribution is -2.41. The summed E-state index contributed by atoms with van der Waals surface area (Å²) in [6.45, 7) is 7.81. The van der Waals surface area contributed by atoms with Crippen molar-refractivity contribution >= 4 is 23.2 Å². The second-order valence-corrected chi connectivity index (χ2v) is 6.49. The summed E-state index contributed by atoms with van der Waals surface area (Å²) in [7, 11) is -0.515. The minimum absolute atomic E-state index is 0.315. The van der Waals surface area contributed by atoms with E-state index in [9.17, 15) is 8.78 Å². The number of rotatable bonds is 3. The molecule has 1 fully saturated rings. The molecule has 3 nitrogen and oxygen atoms in total. The Morgan fingerprint density at radius 1 is 1.28 bits per heavy atom. The summed E-state index contributed by atoms with van der Waals surface area (Å²) in [4.78, 5) is 3.97. The van der Waals surface area contributed by atoms with Gasteiger partial charge >= 0.3 is 7.12 Å². The van der Waals surface area contributed by atoms with Crippen molar-refractivity contribution in [3.8, 4) is 0 Å². The molecule has 2 rings (SSSR count). The van der Waals surface area contributed by atoms with Gasteiger partial charge in [-0.15, -0.1) is 11.3 Å². The van der Waals surface area contributed by atoms with Gasteiger partial charge in [0.25, 0.3) is 0 Å². The lowest BCUT2D eigenvalue weighted by Gasteiger charge is -2.32. The van der Waals surface area contributed by atoms with Crippen molar-refractivity contribution in [2.75, 3.05) is 0 Å². The summed E-state index contributed by atoms with van der Waals surface area (Å²) in [5.74, 6) is 0. The van der Waals surface area contributed by atoms with Crippen LogP contribution in [0.3, 0.4) is 0 Å². The van der Waals surface area contributed by atoms with Crippen LogP contribution in [0.25, 0.3) is 0 Å². The van der Waals surface area contributed by atoms with Crippen LogP contribution in [-0.2, 0) is 15.7 Å². The van der Waals surface area contributed by atoms with Crippen molar-refractivity contribution < 1.29 is 18.1 Å². The Morgan fingerprint density at radius 3 is 2.33 bits per heavy atom. The zero-order valence-corrected chi connectivity index (χ0v) is 11.7. The van der Waals surface area contributed by atoms with E-state index >= 15 is 0 Å². The normalized spacial score (nSPS) is 21.8. The number of hydrogen-bond donors (Lipinski definition) is 0. The van der Waals surface area contributed by atoms with Gasteiger partial charge in [0.05, 0.1) is 27.4 Å². The number of halogens is 2. The van der Waals surface area contributed by atoms with E-state index in [0.717, 1.165) is 4.78 Å². The fourth-order valence-electron chi connectivity index (χ4n) is 1.62. The van der Waals surface area contributed by atoms with Gasteiger partial charge in [-0.25, -0.2) is 13.8 Å². The average molecular weight is 275 g/mol. The maximum absolute atomic E-state index is 12.3. The monoisotopic (exact) mass is 275 g/mol. The van der Waals surface area contributed by atoms with Crippen LogP contribution in [0.2, 0.25) is 0 Å². The fourth-order valence-corrected chi connectivity index (χ4v) is 2.50. The standard InChI is InChI=1S/C11H16BF2NO2S/c1-10(2)11(3,4)17-12(16-10)7-6-15-9(18-7)5-8(13)14/h6,8H,5H2,1-4H3. The van der Waals surface area contributed by atoms with Gasteiger partial charge in [-0.1, -0.05) is 0 Å². The van der Waals surface area contributed by atoms with E-state index in [1.54, 1.807) is 6.20 Å². The highest BCUT2D eigenvalue weighted by Crippen LogP contribution is 2.36. The Bertz CT molecular complexity index is 420. The van der Waals surface area contributed by atoms with Gasteiger partial charge in [-0.3, -0.25) is 0 Å². The molecule has 0 bridgehead atoms. The number of aromatic nitrogens is 1. The molecule has 0 atom stereocenters. The molecule has 100 valence electrons. The highest BCUT2D eigenvalue weighted by Gasteiger charge is 2.52. The van der Waals surface area contributed by atoms with E-state index in [1.807, 2.05) is 27.7 Å². The first-order valence-corrected chi connectivity index (χ1v) is 6.61. The Labute approximate surface area is 110 Å². The molecule has 0 aliphatic carbocycles. The zero-order chi connectivity index (χ0) is 13.6. The van der Waals surface area contributed by atoms with Crippen LogP contribution in [-0.4, -0.2) is 29.7 Å². The lowest BCUT2D eigenvalue weighted by molar-refractivity contribution is 0.00578. The van der Waals surface area contributed by atoms with Gasteiger partial charge in [0.1, 0.15) is 0 Å². The van der Waals surface area contributed by atoms with Gasteiger partial charge in [0.2, 0.25) is 6.43 Å². The molecule has 1 saturated heterocycles. The summed E-state index contributed by atoms with van der Waals surface area (Å²) < 4.78 is 36.9. The maximum Gasteiger partial charge on any atom is 0.507 e. The highest BCUT2D eigenvalue weighted by atomic mass is 32.1. The van der Waals surface area contributed by atoms with Crippen LogP contribution in [0.5, 0.6) is 0 Å². The van der Waals surface area contributed by atoms with Gasteiger partial charge in [-0.05, 0) is 27.7 Å². The molecule has 1 aromatic heterocycles. The summed E-state index contributed by atoms with van der Waals surface area (Å²) in [6, 6.07) is 0. The molecule has 2 heterocycles. The zero-order valence-electron chi connectivity index (χ0n) is 10.9. The predicted octanol–water partition coefficient (Wildman–Crippen LogP) is 2.25. The van der Waals surface area contributed by atoms with Crippen molar-refractivity contribution in [3.05, 3.63) is 11.2 Å². The molecule has 1 aromatic rings. The number of nitrogens with zero attached hydrogens (tertiary/aromatic N) is 1. The second kappa shape index (κ2) is 4.54. The van der Waals surface area contributed by atoms with Crippen LogP contribution in [0.15, 0.2) is 6.20 Å². The fraction of sp³-hybridized carbons (Fsp3) is 0.727. The number of hydrogen-bond acceptors (Lipinski definition) is 4. The third-order valence-electron chi connectivity index (χ3n) is 3.39. The average Bonchev–Trinajstić information content (AvgIpc) is 2.70. The number of alkyl halides is 2. The molecular formula is C11H16BF2NO2S. The largest absolute Gasteiger partial charge is 0.507 e. The van der Waals surface area contributed by atoms with Gasteiger partial charge < -0.3 is 9.31 Å². The van der Waals surface area contributed by atoms with Crippen molar-refractivity contribution in [3.63, 3.8) is 0 Å². The lowest BCUT2D eigenvalue weighted by atomic mass is 9.89. The second-order valence-electron chi connectivity index (χ2n) is 5.34. The summed E-state index contributed by atoms with van der Waals surface area (Å²) in [6.07, 6.45) is -1.13. The maximum atomic E-state index is 12.3. The molecule has 0 unspecified atom stereocenters. The summed E-state index contributed by atoms with van der Waals surface area (Å²) >= 11 is 1.22. The molecule has 1 aliphatic rings. The van der Waals surface area contributed by atoms with Gasteiger partial charge in [0, 0.05) is 6.20 Å². The van der Waals surface area contributed by atoms with Crippen molar-refractivity contribution in [2.45, 2.75) is 51.7 Å². The topological polar surface area (TPSA) is 31.4 Å². The van der Waals surface area contributed by atoms with E-state index in [-0.39, 0.29) is 6.42 Å². The molecule has 18 heavy (non-hydrogen) atoms. The molecule has 7 heteroatoms. The SMILES string of the molecule is CC1(C)OB(c2cnc(CC(F)F)s2)OC1(C)C. The Kier molecular flexibility index (Phi) is 3.51. The minimum atomic E-state index is -2.37. The highest BCUT2D eigenvalue weighted by molar-refractivity contribution is 7.22. The predicted molar refractivity (Wildman–Crippen MR) is 67.5 cm³/mol. The van der Waals surface area contributed by atoms with Crippen molar-refractivity contribution in [1.29, 1.82) is 0 Å². The Hall–Kier alpha value is -0.525. The summed E-state index contributed by atoms with van der Waals surface area (Å²) in [5, 5.41) is 0.412. The van der Waals surface area contributed by atoms with Gasteiger partial charge in [-0.2, -0.15) is 0 Å². The number of thiazole rings is 1. The van der Waals surface area contributed by atoms with Crippen LogP contribution < -0.4 is 4.78 Å². The third kappa shape index (κ3) is 2.58. The van der Waals surface area contributed by atoms with Crippen LogP contribution in [0, 0.1) is 0 Å². The van der Waals surface area contributed by atoms with E-state index in [1.165, 1.54) is 11.3 Å². The Morgan fingerprint density at radius 2 is 1.83 bits per heavy atom. The van der Waals surface area contributed by atoms with Crippen LogP contribution >= 0.6 is 11.3 Å². The quantitative estimate of drug-likeness (QED) is 0.793. The van der Waals surface area contributed by atoms with Crippen molar-refractivity contribution in [2.24, 2.45) is 0 Å². The van der Waals surface area contributed by atoms with E-state index < -0.39 is 24.7 Å². The molecule has 0 N–H and O–H groups in total. The molecular weight excluding hydrogens is 259 g/mol. The molecule has 0 spiro atoms. The van der Waals surface area contributed by atoms with Crippen LogP contribution in [0.4, 0.5) is 8.78 Å². The first-order valence-electron chi connectivity index (χ1n) is 5.80. The smallest absolute Gasteiger partial charge is 0.399 e. The minimum Gasteiger partial charge on any atom is -0.399 e. The molecule has 0 saturated carbocycles. The van der Waals surface area contributed by atoms with E-state index in [2.05, 4.69) is 4.98 Å². The van der Waals surface area contributed by atoms with Crippen molar-refractivity contribution in [1.82, 2.24) is 4.98 Å². The Balaban J connectivity index is 2.12. The van der Waals surface area contributed by atoms with E-state index in [4.69, 9.17) is 9.31 Å². The van der Waals surface area contributed by atoms with Gasteiger partial charge in [0.15, 0.2) is 0 Å². The third-order valence-corrected chi connectivity index (χ3v) is 4.43. The van der Waals surface area contributed by atoms with Crippen LogP contribution in [0.1, 0.15) is 32.7 Å². The molecule has 0 amide bonds. The van der Waals surface area contributed by atoms with E-state index in [0.29, 0.717) is 5.01 Å².